The summed E-state index contributed by atoms with van der Waals surface area (Å²) in [5.41, 5.74) is -14.4. The molecule has 0 spiro atoms. The minimum Gasteiger partial charge on any atom is -0.479 e. The Kier molecular flexibility index (Phi) is 6.43. The van der Waals surface area contributed by atoms with Crippen LogP contribution in [0.25, 0.3) is 0 Å². The molecular weight excluding hydrogens is 480 g/mol. The number of carbonyl (C=O) groups is 4. The highest BCUT2D eigenvalue weighted by Crippen LogP contribution is 2.52. The predicted molar refractivity (Wildman–Crippen MR) is 129 cm³/mol. The molecule has 0 radical (unpaired) electrons. The molecule has 1 saturated carbocycles. The number of aliphatic hydroxyl groups is 4. The zero-order valence-corrected chi connectivity index (χ0v) is 19.4. The van der Waals surface area contributed by atoms with Crippen molar-refractivity contribution in [3.8, 4) is 0 Å². The van der Waals surface area contributed by atoms with E-state index in [9.17, 15) is 44.7 Å². The van der Waals surface area contributed by atoms with Gasteiger partial charge in [-0.05, 0) is 0 Å². The predicted octanol–water partition coefficient (Wildman–Crippen LogP) is 1.44. The van der Waals surface area contributed by atoms with Gasteiger partial charge < -0.3 is 25.5 Å². The van der Waals surface area contributed by atoms with Crippen molar-refractivity contribution in [3.05, 3.63) is 108 Å². The Morgan fingerprint density at radius 2 is 0.811 bits per heavy atom. The van der Waals surface area contributed by atoms with Gasteiger partial charge in [-0.2, -0.15) is 0 Å². The molecule has 9 heteroatoms. The third kappa shape index (κ3) is 3.89. The van der Waals surface area contributed by atoms with E-state index in [1.807, 2.05) is 0 Å². The van der Waals surface area contributed by atoms with Gasteiger partial charge in [-0.1, -0.05) is 91.0 Å². The summed E-state index contributed by atoms with van der Waals surface area (Å²) in [6, 6.07) is 20.6. The highest BCUT2D eigenvalue weighted by Gasteiger charge is 2.78. The van der Waals surface area contributed by atoms with Gasteiger partial charge in [0.25, 0.3) is 0 Å². The Labute approximate surface area is 211 Å². The molecule has 1 aliphatic carbocycles. The van der Waals surface area contributed by atoms with E-state index in [2.05, 4.69) is 0 Å². The number of benzene rings is 3. The van der Waals surface area contributed by atoms with E-state index in [0.717, 1.165) is 0 Å². The molecule has 0 unspecified atom stereocenters. The molecule has 0 saturated heterocycles. The molecule has 3 aromatic rings. The summed E-state index contributed by atoms with van der Waals surface area (Å²) < 4.78 is 0. The van der Waals surface area contributed by atoms with Crippen molar-refractivity contribution >= 4 is 23.3 Å². The fourth-order valence-electron chi connectivity index (χ4n) is 4.98. The van der Waals surface area contributed by atoms with Gasteiger partial charge in [0.15, 0.2) is 28.4 Å². The minimum absolute atomic E-state index is 0.256. The Bertz CT molecular complexity index is 1290. The van der Waals surface area contributed by atoms with Crippen LogP contribution in [0.5, 0.6) is 0 Å². The average molecular weight is 504 g/mol. The molecule has 0 aliphatic heterocycles. The molecule has 3 aromatic carbocycles. The van der Waals surface area contributed by atoms with Crippen LogP contribution in [0.1, 0.15) is 43.9 Å². The molecule has 190 valence electrons. The standard InChI is InChI=1S/C28H24O9/c29-21(18-10-4-1-5-11-18)26(35)16-25(34,24(32)33)17-27(36,22(30)19-12-6-2-7-13-19)28(26,37)23(31)20-14-8-3-9-15-20/h1-15,34-37H,16-17H2,(H,32,33)/t25?,26-,27-,28?/m0/s1. The molecule has 0 aromatic heterocycles. The van der Waals surface area contributed by atoms with Gasteiger partial charge in [0.05, 0.1) is 0 Å². The maximum absolute atomic E-state index is 13.9. The number of carboxylic acid groups (broad SMARTS) is 1. The van der Waals surface area contributed by atoms with Crippen LogP contribution in [-0.2, 0) is 4.79 Å². The lowest BCUT2D eigenvalue weighted by Gasteiger charge is -2.56. The molecule has 1 fully saturated rings. The number of rotatable bonds is 7. The minimum atomic E-state index is -3.61. The van der Waals surface area contributed by atoms with Gasteiger partial charge in [-0.15, -0.1) is 0 Å². The molecule has 5 N–H and O–H groups in total. The van der Waals surface area contributed by atoms with Crippen LogP contribution in [-0.4, -0.2) is 71.3 Å². The largest absolute Gasteiger partial charge is 0.479 e. The second kappa shape index (κ2) is 9.13. The van der Waals surface area contributed by atoms with Crippen molar-refractivity contribution in [3.63, 3.8) is 0 Å². The topological polar surface area (TPSA) is 169 Å². The number of hydrogen-bond acceptors (Lipinski definition) is 8. The Morgan fingerprint density at radius 3 is 1.11 bits per heavy atom. The third-order valence-electron chi connectivity index (χ3n) is 6.88. The van der Waals surface area contributed by atoms with Crippen molar-refractivity contribution in [1.82, 2.24) is 0 Å². The number of aliphatic carboxylic acids is 1. The van der Waals surface area contributed by atoms with E-state index in [-0.39, 0.29) is 16.7 Å². The zero-order chi connectivity index (χ0) is 27.1. The van der Waals surface area contributed by atoms with E-state index >= 15 is 0 Å². The zero-order valence-electron chi connectivity index (χ0n) is 19.4. The van der Waals surface area contributed by atoms with Crippen LogP contribution in [0.15, 0.2) is 91.0 Å². The van der Waals surface area contributed by atoms with Gasteiger partial charge in [0.1, 0.15) is 0 Å². The SMILES string of the molecule is O=C(O)C1(O)C[C@](O)(C(=O)c2ccccc2)C(O)(C(=O)c2ccccc2)[C@@](O)(C(=O)c2ccccc2)C1. The summed E-state index contributed by atoms with van der Waals surface area (Å²) in [7, 11) is 0. The van der Waals surface area contributed by atoms with Crippen LogP contribution in [0.4, 0.5) is 0 Å². The van der Waals surface area contributed by atoms with Crippen LogP contribution in [0.2, 0.25) is 0 Å². The number of carbonyl (C=O) groups excluding carboxylic acids is 3. The first kappa shape index (κ1) is 26.1. The summed E-state index contributed by atoms with van der Waals surface area (Å²) in [6.07, 6.45) is -2.77. The lowest BCUT2D eigenvalue weighted by Crippen LogP contribution is -2.82. The van der Waals surface area contributed by atoms with Crippen LogP contribution in [0, 0.1) is 0 Å². The molecular formula is C28H24O9. The monoisotopic (exact) mass is 504 g/mol. The number of Topliss-reactive ketones (excluding diaryl/α,β-unsaturated/α-hetero) is 3. The number of ketones is 3. The molecule has 37 heavy (non-hydrogen) atoms. The quantitative estimate of drug-likeness (QED) is 0.299. The van der Waals surface area contributed by atoms with Crippen LogP contribution < -0.4 is 0 Å². The average Bonchev–Trinajstić information content (AvgIpc) is 2.91. The van der Waals surface area contributed by atoms with Gasteiger partial charge in [0, 0.05) is 29.5 Å². The van der Waals surface area contributed by atoms with E-state index < -0.39 is 58.6 Å². The molecule has 4 rings (SSSR count). The normalized spacial score (nSPS) is 29.3. The molecule has 1 aliphatic rings. The van der Waals surface area contributed by atoms with E-state index in [4.69, 9.17) is 0 Å². The maximum Gasteiger partial charge on any atom is 0.335 e. The van der Waals surface area contributed by atoms with Gasteiger partial charge in [0.2, 0.25) is 11.4 Å². The lowest BCUT2D eigenvalue weighted by atomic mass is 9.52. The smallest absolute Gasteiger partial charge is 0.335 e. The molecule has 0 amide bonds. The van der Waals surface area contributed by atoms with Gasteiger partial charge in [-0.25, -0.2) is 4.79 Å². The Hall–Kier alpha value is -4.02. The lowest BCUT2D eigenvalue weighted by molar-refractivity contribution is -0.245. The van der Waals surface area contributed by atoms with Crippen molar-refractivity contribution in [1.29, 1.82) is 0 Å². The van der Waals surface area contributed by atoms with E-state index in [0.29, 0.717) is 0 Å². The summed E-state index contributed by atoms with van der Waals surface area (Å²) in [5.74, 6) is -6.10. The third-order valence-corrected chi connectivity index (χ3v) is 6.88. The summed E-state index contributed by atoms with van der Waals surface area (Å²) in [4.78, 5) is 53.5. The highest BCUT2D eigenvalue weighted by atomic mass is 16.4. The fraction of sp³-hybridized carbons (Fsp3) is 0.214. The summed E-state index contributed by atoms with van der Waals surface area (Å²) in [5, 5.41) is 56.8. The molecule has 0 bridgehead atoms. The van der Waals surface area contributed by atoms with Crippen LogP contribution in [0.3, 0.4) is 0 Å². The van der Waals surface area contributed by atoms with Crippen LogP contribution >= 0.6 is 0 Å². The molecule has 2 atom stereocenters. The first-order valence-electron chi connectivity index (χ1n) is 11.3. The van der Waals surface area contributed by atoms with E-state index in [1.165, 1.54) is 72.8 Å². The first-order chi connectivity index (χ1) is 17.4. The van der Waals surface area contributed by atoms with Crippen molar-refractivity contribution in [2.24, 2.45) is 0 Å². The Morgan fingerprint density at radius 1 is 0.514 bits per heavy atom. The summed E-state index contributed by atoms with van der Waals surface area (Å²) in [6.45, 7) is 0. The maximum atomic E-state index is 13.9. The number of hydrogen-bond donors (Lipinski definition) is 5. The highest BCUT2D eigenvalue weighted by molar-refractivity contribution is 6.18. The van der Waals surface area contributed by atoms with Crippen molar-refractivity contribution in [2.75, 3.05) is 0 Å². The second-order valence-corrected chi connectivity index (χ2v) is 9.21. The van der Waals surface area contributed by atoms with Gasteiger partial charge >= 0.3 is 5.97 Å². The summed E-state index contributed by atoms with van der Waals surface area (Å²) >= 11 is 0. The number of carboxylic acids is 1. The van der Waals surface area contributed by atoms with E-state index in [1.54, 1.807) is 18.2 Å². The van der Waals surface area contributed by atoms with Gasteiger partial charge in [-0.3, -0.25) is 14.4 Å². The molecule has 0 heterocycles. The molecule has 9 nitrogen and oxygen atoms in total. The first-order valence-corrected chi connectivity index (χ1v) is 11.3. The van der Waals surface area contributed by atoms with Crippen molar-refractivity contribution in [2.45, 2.75) is 35.2 Å². The Balaban J connectivity index is 2.06. The second-order valence-electron chi connectivity index (χ2n) is 9.21. The van der Waals surface area contributed by atoms with Crippen molar-refractivity contribution < 1.29 is 44.7 Å². The fourth-order valence-corrected chi connectivity index (χ4v) is 4.98.